The number of alkyl halides is 3. The maximum absolute atomic E-state index is 13.3. The van der Waals surface area contributed by atoms with Gasteiger partial charge in [-0.05, 0) is 35.7 Å². The average Bonchev–Trinajstić information content (AvgIpc) is 2.88. The Morgan fingerprint density at radius 1 is 1.18 bits per heavy atom. The topological polar surface area (TPSA) is 35.2 Å². The lowest BCUT2D eigenvalue weighted by atomic mass is 9.94. The minimum atomic E-state index is -4.40. The highest BCUT2D eigenvalue weighted by molar-refractivity contribution is 5.77. The van der Waals surface area contributed by atoms with Gasteiger partial charge in [0.1, 0.15) is 11.9 Å². The molecule has 0 bridgehead atoms. The van der Waals surface area contributed by atoms with Crippen LogP contribution in [0.15, 0.2) is 36.4 Å². The number of aryl methyl sites for hydroxylation is 1. The van der Waals surface area contributed by atoms with E-state index in [4.69, 9.17) is 10.5 Å². The molecule has 1 atom stereocenters. The van der Waals surface area contributed by atoms with Crippen LogP contribution >= 0.6 is 0 Å². The molecule has 0 aromatic heterocycles. The SMILES string of the molecule is Cc1cc2c(c(-c3ccccc3C(F)(F)F)c1)OC(CN)C2. The van der Waals surface area contributed by atoms with Crippen molar-refractivity contribution in [2.24, 2.45) is 5.73 Å². The molecule has 3 rings (SSSR count). The number of benzene rings is 2. The van der Waals surface area contributed by atoms with E-state index in [2.05, 4.69) is 0 Å². The van der Waals surface area contributed by atoms with Gasteiger partial charge in [0.05, 0.1) is 5.56 Å². The molecule has 0 saturated heterocycles. The molecule has 1 heterocycles. The first-order chi connectivity index (χ1) is 10.4. The Balaban J connectivity index is 2.20. The van der Waals surface area contributed by atoms with Gasteiger partial charge in [-0.15, -0.1) is 0 Å². The Labute approximate surface area is 126 Å². The van der Waals surface area contributed by atoms with E-state index in [0.717, 1.165) is 17.2 Å². The summed E-state index contributed by atoms with van der Waals surface area (Å²) in [6, 6.07) is 9.27. The van der Waals surface area contributed by atoms with Crippen LogP contribution < -0.4 is 10.5 Å². The van der Waals surface area contributed by atoms with Crippen LogP contribution in [0.5, 0.6) is 5.75 Å². The second-order valence-electron chi connectivity index (χ2n) is 5.52. The second kappa shape index (κ2) is 5.32. The number of hydrogen-bond donors (Lipinski definition) is 1. The van der Waals surface area contributed by atoms with Crippen LogP contribution in [0.2, 0.25) is 0 Å². The number of hydrogen-bond acceptors (Lipinski definition) is 2. The van der Waals surface area contributed by atoms with Gasteiger partial charge in [0.2, 0.25) is 0 Å². The summed E-state index contributed by atoms with van der Waals surface area (Å²) in [4.78, 5) is 0. The highest BCUT2D eigenvalue weighted by atomic mass is 19.4. The van der Waals surface area contributed by atoms with Gasteiger partial charge in [-0.1, -0.05) is 24.3 Å². The molecule has 1 aliphatic rings. The molecule has 2 nitrogen and oxygen atoms in total. The van der Waals surface area contributed by atoms with Crippen LogP contribution in [0, 0.1) is 6.92 Å². The van der Waals surface area contributed by atoms with Crippen molar-refractivity contribution in [3.05, 3.63) is 53.1 Å². The van der Waals surface area contributed by atoms with Crippen LogP contribution in [0.3, 0.4) is 0 Å². The summed E-state index contributed by atoms with van der Waals surface area (Å²) in [6.45, 7) is 2.21. The Bertz CT molecular complexity index is 710. The van der Waals surface area contributed by atoms with E-state index < -0.39 is 11.7 Å². The van der Waals surface area contributed by atoms with Crippen LogP contribution in [0.4, 0.5) is 13.2 Å². The maximum Gasteiger partial charge on any atom is 0.417 e. The van der Waals surface area contributed by atoms with E-state index in [1.807, 2.05) is 13.0 Å². The minimum absolute atomic E-state index is 0.146. The minimum Gasteiger partial charge on any atom is -0.488 e. The third-order valence-electron chi connectivity index (χ3n) is 3.83. The molecule has 0 amide bonds. The molecule has 2 aromatic carbocycles. The molecule has 2 aromatic rings. The number of fused-ring (bicyclic) bond motifs is 1. The predicted molar refractivity (Wildman–Crippen MR) is 78.8 cm³/mol. The first-order valence-electron chi connectivity index (χ1n) is 7.07. The van der Waals surface area contributed by atoms with Gasteiger partial charge < -0.3 is 10.5 Å². The summed E-state index contributed by atoms with van der Waals surface area (Å²) >= 11 is 0. The molecule has 116 valence electrons. The molecule has 0 saturated carbocycles. The molecular weight excluding hydrogens is 291 g/mol. The van der Waals surface area contributed by atoms with Crippen molar-refractivity contribution in [3.8, 4) is 16.9 Å². The highest BCUT2D eigenvalue weighted by Crippen LogP contribution is 2.44. The standard InChI is InChI=1S/C17H16F3NO/c1-10-6-11-8-12(9-21)22-16(11)14(7-10)13-4-2-3-5-15(13)17(18,19)20/h2-7,12H,8-9,21H2,1H3. The van der Waals surface area contributed by atoms with Gasteiger partial charge in [0, 0.05) is 18.5 Å². The zero-order valence-corrected chi connectivity index (χ0v) is 12.1. The Hall–Kier alpha value is -2.01. The van der Waals surface area contributed by atoms with E-state index in [1.54, 1.807) is 12.1 Å². The van der Waals surface area contributed by atoms with E-state index in [-0.39, 0.29) is 11.7 Å². The quantitative estimate of drug-likeness (QED) is 0.912. The van der Waals surface area contributed by atoms with Gasteiger partial charge in [-0.2, -0.15) is 13.2 Å². The molecule has 1 unspecified atom stereocenters. The van der Waals surface area contributed by atoms with Gasteiger partial charge in [0.15, 0.2) is 0 Å². The van der Waals surface area contributed by atoms with Crippen molar-refractivity contribution in [2.75, 3.05) is 6.54 Å². The maximum atomic E-state index is 13.3. The number of rotatable bonds is 2. The zero-order valence-electron chi connectivity index (χ0n) is 12.1. The smallest absolute Gasteiger partial charge is 0.417 e. The lowest BCUT2D eigenvalue weighted by molar-refractivity contribution is -0.137. The largest absolute Gasteiger partial charge is 0.488 e. The molecule has 0 fully saturated rings. The molecule has 22 heavy (non-hydrogen) atoms. The first kappa shape index (κ1) is 14.9. The summed E-state index contributed by atoms with van der Waals surface area (Å²) < 4.78 is 45.6. The van der Waals surface area contributed by atoms with Gasteiger partial charge in [-0.3, -0.25) is 0 Å². The molecule has 1 aliphatic heterocycles. The fourth-order valence-corrected chi connectivity index (χ4v) is 2.89. The third-order valence-corrected chi connectivity index (χ3v) is 3.83. The summed E-state index contributed by atoms with van der Waals surface area (Å²) in [5, 5.41) is 0. The van der Waals surface area contributed by atoms with Crippen molar-refractivity contribution >= 4 is 0 Å². The van der Waals surface area contributed by atoms with Crippen molar-refractivity contribution in [2.45, 2.75) is 25.6 Å². The zero-order chi connectivity index (χ0) is 15.9. The molecule has 0 aliphatic carbocycles. The predicted octanol–water partition coefficient (Wildman–Crippen LogP) is 3.94. The normalized spacial score (nSPS) is 17.2. The lowest BCUT2D eigenvalue weighted by Gasteiger charge is -2.16. The average molecular weight is 307 g/mol. The van der Waals surface area contributed by atoms with Crippen molar-refractivity contribution in [1.82, 2.24) is 0 Å². The molecular formula is C17H16F3NO. The first-order valence-corrected chi connectivity index (χ1v) is 7.07. The van der Waals surface area contributed by atoms with E-state index >= 15 is 0 Å². The van der Waals surface area contributed by atoms with Gasteiger partial charge in [0.25, 0.3) is 0 Å². The lowest BCUT2D eigenvalue weighted by Crippen LogP contribution is -2.24. The molecule has 2 N–H and O–H groups in total. The van der Waals surface area contributed by atoms with Crippen LogP contribution in [0.1, 0.15) is 16.7 Å². The van der Waals surface area contributed by atoms with E-state index in [1.165, 1.54) is 12.1 Å². The summed E-state index contributed by atoms with van der Waals surface area (Å²) in [7, 11) is 0. The van der Waals surface area contributed by atoms with Crippen molar-refractivity contribution in [3.63, 3.8) is 0 Å². The Morgan fingerprint density at radius 2 is 1.91 bits per heavy atom. The van der Waals surface area contributed by atoms with Gasteiger partial charge >= 0.3 is 6.18 Å². The number of nitrogens with two attached hydrogens (primary N) is 1. The second-order valence-corrected chi connectivity index (χ2v) is 5.52. The third kappa shape index (κ3) is 2.57. The molecule has 0 radical (unpaired) electrons. The fraction of sp³-hybridized carbons (Fsp3) is 0.294. The number of halogens is 3. The summed E-state index contributed by atoms with van der Waals surface area (Å²) in [6.07, 6.45) is -3.94. The number of ether oxygens (including phenoxy) is 1. The van der Waals surface area contributed by atoms with Gasteiger partial charge in [-0.25, -0.2) is 0 Å². The fourth-order valence-electron chi connectivity index (χ4n) is 2.89. The Kier molecular flexibility index (Phi) is 3.60. The molecule has 5 heteroatoms. The van der Waals surface area contributed by atoms with Crippen LogP contribution in [-0.2, 0) is 12.6 Å². The van der Waals surface area contributed by atoms with Crippen molar-refractivity contribution in [1.29, 1.82) is 0 Å². The van der Waals surface area contributed by atoms with Crippen LogP contribution in [0.25, 0.3) is 11.1 Å². The monoisotopic (exact) mass is 307 g/mol. The van der Waals surface area contributed by atoms with Crippen LogP contribution in [-0.4, -0.2) is 12.6 Å². The van der Waals surface area contributed by atoms with E-state index in [9.17, 15) is 13.2 Å². The Morgan fingerprint density at radius 3 is 2.59 bits per heavy atom. The van der Waals surface area contributed by atoms with Crippen molar-refractivity contribution < 1.29 is 17.9 Å². The summed E-state index contributed by atoms with van der Waals surface area (Å²) in [5.74, 6) is 0.526. The molecule has 0 spiro atoms. The highest BCUT2D eigenvalue weighted by Gasteiger charge is 2.35. The van der Waals surface area contributed by atoms with E-state index in [0.29, 0.717) is 24.3 Å². The summed E-state index contributed by atoms with van der Waals surface area (Å²) in [5.41, 5.74) is 7.44.